The summed E-state index contributed by atoms with van der Waals surface area (Å²) in [7, 11) is 1.46. The molecule has 0 aliphatic heterocycles. The molecule has 0 saturated heterocycles. The normalized spacial score (nSPS) is 15.2. The van der Waals surface area contributed by atoms with Crippen molar-refractivity contribution in [3.05, 3.63) is 95.6 Å². The molecular weight excluding hydrogens is 400 g/mol. The van der Waals surface area contributed by atoms with Crippen molar-refractivity contribution < 1.29 is 9.53 Å². The van der Waals surface area contributed by atoms with E-state index in [0.29, 0.717) is 12.2 Å². The number of unbranched alkanes of at least 4 members (excludes halogenated alkanes) is 3. The van der Waals surface area contributed by atoms with E-state index in [0.717, 1.165) is 6.42 Å². The highest BCUT2D eigenvalue weighted by atomic mass is 32.2. The summed E-state index contributed by atoms with van der Waals surface area (Å²) in [6.45, 7) is 2.25. The van der Waals surface area contributed by atoms with Crippen molar-refractivity contribution in [3.8, 4) is 0 Å². The summed E-state index contributed by atoms with van der Waals surface area (Å²) in [5.41, 5.74) is 3.95. The van der Waals surface area contributed by atoms with Crippen LogP contribution in [0.2, 0.25) is 0 Å². The maximum absolute atomic E-state index is 11.8. The number of methoxy groups -OCH3 is 1. The average Bonchev–Trinajstić information content (AvgIpc) is 3.36. The highest BCUT2D eigenvalue weighted by Crippen LogP contribution is 2.51. The van der Waals surface area contributed by atoms with Crippen LogP contribution in [0.15, 0.2) is 78.9 Å². The molecule has 2 aromatic carbocycles. The predicted octanol–water partition coefficient (Wildman–Crippen LogP) is 7.09. The number of allylic oxidation sites excluding steroid dienone is 4. The van der Waals surface area contributed by atoms with Gasteiger partial charge in [0, 0.05) is 11.7 Å². The predicted molar refractivity (Wildman–Crippen MR) is 132 cm³/mol. The largest absolute Gasteiger partial charge is 0.469 e. The molecule has 0 aromatic heterocycles. The maximum Gasteiger partial charge on any atom is 0.306 e. The molecule has 31 heavy (non-hydrogen) atoms. The number of carbonyl (C=O) groups is 1. The Kier molecular flexibility index (Phi) is 9.02. The lowest BCUT2D eigenvalue weighted by Crippen LogP contribution is -2.31. The molecule has 1 atom stereocenters. The maximum atomic E-state index is 11.8. The van der Waals surface area contributed by atoms with Crippen LogP contribution >= 0.6 is 11.8 Å². The first-order valence-electron chi connectivity index (χ1n) is 11.4. The van der Waals surface area contributed by atoms with Crippen LogP contribution in [0.1, 0.15) is 55.7 Å². The molecule has 3 rings (SSSR count). The SMILES string of the molecule is CCCCCCc1ccc(C(SCCC(=O)OC)(c2ccccc2)C2C=CC=C2)cc1. The number of ether oxygens (including phenoxy) is 1. The molecule has 0 amide bonds. The summed E-state index contributed by atoms with van der Waals surface area (Å²) in [6.07, 6.45) is 15.5. The van der Waals surface area contributed by atoms with Gasteiger partial charge in [0.25, 0.3) is 0 Å². The smallest absolute Gasteiger partial charge is 0.306 e. The monoisotopic (exact) mass is 434 g/mol. The van der Waals surface area contributed by atoms with E-state index in [1.807, 2.05) is 11.8 Å². The van der Waals surface area contributed by atoms with Gasteiger partial charge in [0.05, 0.1) is 18.3 Å². The summed E-state index contributed by atoms with van der Waals surface area (Å²) < 4.78 is 4.61. The topological polar surface area (TPSA) is 26.3 Å². The molecule has 0 radical (unpaired) electrons. The first kappa shape index (κ1) is 23.4. The minimum Gasteiger partial charge on any atom is -0.469 e. The van der Waals surface area contributed by atoms with Gasteiger partial charge in [-0.25, -0.2) is 0 Å². The third-order valence-corrected chi connectivity index (χ3v) is 7.59. The van der Waals surface area contributed by atoms with E-state index in [9.17, 15) is 4.79 Å². The van der Waals surface area contributed by atoms with Crippen molar-refractivity contribution in [1.29, 1.82) is 0 Å². The number of carbonyl (C=O) groups excluding carboxylic acids is 1. The summed E-state index contributed by atoms with van der Waals surface area (Å²) in [5.74, 6) is 0.778. The van der Waals surface area contributed by atoms with Crippen molar-refractivity contribution in [1.82, 2.24) is 0 Å². The quantitative estimate of drug-likeness (QED) is 0.263. The second-order valence-electron chi connectivity index (χ2n) is 8.08. The van der Waals surface area contributed by atoms with Gasteiger partial charge in [-0.2, -0.15) is 0 Å². The molecule has 2 aromatic rings. The minimum atomic E-state index is -0.278. The number of hydrogen-bond acceptors (Lipinski definition) is 3. The third-order valence-electron chi connectivity index (χ3n) is 5.99. The lowest BCUT2D eigenvalue weighted by molar-refractivity contribution is -0.140. The number of benzene rings is 2. The lowest BCUT2D eigenvalue weighted by atomic mass is 9.80. The van der Waals surface area contributed by atoms with E-state index in [4.69, 9.17) is 4.74 Å². The molecule has 0 N–H and O–H groups in total. The Morgan fingerprint density at radius 1 is 0.935 bits per heavy atom. The highest BCUT2D eigenvalue weighted by Gasteiger charge is 2.41. The van der Waals surface area contributed by atoms with Gasteiger partial charge in [0.2, 0.25) is 0 Å². The molecule has 0 bridgehead atoms. The van der Waals surface area contributed by atoms with E-state index in [1.54, 1.807) is 0 Å². The first-order chi connectivity index (χ1) is 15.2. The molecule has 1 unspecified atom stereocenters. The molecule has 164 valence electrons. The van der Waals surface area contributed by atoms with Gasteiger partial charge in [-0.1, -0.05) is 105 Å². The summed E-state index contributed by atoms with van der Waals surface area (Å²) in [4.78, 5) is 11.8. The molecule has 0 spiro atoms. The van der Waals surface area contributed by atoms with Gasteiger partial charge in [0.1, 0.15) is 0 Å². The van der Waals surface area contributed by atoms with Crippen LogP contribution in [-0.2, 0) is 20.7 Å². The molecule has 3 heteroatoms. The van der Waals surface area contributed by atoms with E-state index in [1.165, 1.54) is 49.5 Å². The van der Waals surface area contributed by atoms with Crippen LogP contribution in [0.25, 0.3) is 0 Å². The average molecular weight is 435 g/mol. The fourth-order valence-electron chi connectivity index (χ4n) is 4.28. The van der Waals surface area contributed by atoms with Gasteiger partial charge in [-0.3, -0.25) is 4.79 Å². The van der Waals surface area contributed by atoms with Gasteiger partial charge >= 0.3 is 5.97 Å². The van der Waals surface area contributed by atoms with Crippen molar-refractivity contribution in [2.24, 2.45) is 5.92 Å². The molecule has 0 saturated carbocycles. The van der Waals surface area contributed by atoms with Crippen LogP contribution < -0.4 is 0 Å². The summed E-state index contributed by atoms with van der Waals surface area (Å²) in [5, 5.41) is 0. The molecule has 2 nitrogen and oxygen atoms in total. The van der Waals surface area contributed by atoms with Crippen molar-refractivity contribution in [2.75, 3.05) is 12.9 Å². The standard InChI is InChI=1S/C28H34O2S/c1-3-4-5-7-12-23-17-19-26(20-18-23)28(25-15-10-11-16-25,24-13-8-6-9-14-24)31-22-21-27(29)30-2/h6,8-11,13-20,25H,3-5,7,12,21-22H2,1-2H3. The molecule has 1 aliphatic carbocycles. The third kappa shape index (κ3) is 5.92. The molecule has 0 heterocycles. The van der Waals surface area contributed by atoms with Gasteiger partial charge in [-0.15, -0.1) is 11.8 Å². The van der Waals surface area contributed by atoms with Crippen LogP contribution in [0.3, 0.4) is 0 Å². The zero-order valence-corrected chi connectivity index (χ0v) is 19.6. The number of aryl methyl sites for hydroxylation is 1. The number of hydrogen-bond donors (Lipinski definition) is 0. The van der Waals surface area contributed by atoms with Crippen LogP contribution in [-0.4, -0.2) is 18.8 Å². The van der Waals surface area contributed by atoms with Crippen molar-refractivity contribution >= 4 is 17.7 Å². The Morgan fingerprint density at radius 3 is 2.26 bits per heavy atom. The van der Waals surface area contributed by atoms with Crippen LogP contribution in [0, 0.1) is 5.92 Å². The Bertz CT molecular complexity index is 858. The Labute approximate surface area is 191 Å². The summed E-state index contributed by atoms with van der Waals surface area (Å²) >= 11 is 1.84. The Balaban J connectivity index is 1.93. The molecule has 0 fully saturated rings. The number of thioether (sulfide) groups is 1. The van der Waals surface area contributed by atoms with E-state index < -0.39 is 0 Å². The number of esters is 1. The van der Waals surface area contributed by atoms with Crippen LogP contribution in [0.5, 0.6) is 0 Å². The van der Waals surface area contributed by atoms with E-state index >= 15 is 0 Å². The van der Waals surface area contributed by atoms with Crippen LogP contribution in [0.4, 0.5) is 0 Å². The fraction of sp³-hybridized carbons (Fsp3) is 0.393. The number of rotatable bonds is 12. The first-order valence-corrected chi connectivity index (χ1v) is 12.4. The Hall–Kier alpha value is -2.26. The lowest BCUT2D eigenvalue weighted by Gasteiger charge is -2.38. The van der Waals surface area contributed by atoms with Gasteiger partial charge in [-0.05, 0) is 29.5 Å². The fourth-order valence-corrected chi connectivity index (χ4v) is 5.82. The zero-order chi connectivity index (χ0) is 21.9. The Morgan fingerprint density at radius 2 is 1.61 bits per heavy atom. The molecular formula is C28H34O2S. The second-order valence-corrected chi connectivity index (χ2v) is 9.42. The van der Waals surface area contributed by atoms with Gasteiger partial charge < -0.3 is 4.74 Å². The van der Waals surface area contributed by atoms with Crippen molar-refractivity contribution in [2.45, 2.75) is 50.2 Å². The minimum absolute atomic E-state index is 0.158. The second kappa shape index (κ2) is 12.0. The molecule has 1 aliphatic rings. The van der Waals surface area contributed by atoms with E-state index in [2.05, 4.69) is 85.8 Å². The summed E-state index contributed by atoms with van der Waals surface area (Å²) in [6, 6.07) is 19.9. The van der Waals surface area contributed by atoms with E-state index in [-0.39, 0.29) is 16.6 Å². The highest BCUT2D eigenvalue weighted by molar-refractivity contribution is 8.00. The van der Waals surface area contributed by atoms with Gasteiger partial charge in [0.15, 0.2) is 0 Å². The zero-order valence-electron chi connectivity index (χ0n) is 18.8. The van der Waals surface area contributed by atoms with Crippen molar-refractivity contribution in [3.63, 3.8) is 0 Å².